The van der Waals surface area contributed by atoms with Gasteiger partial charge in [0, 0.05) is 67.0 Å². The largest absolute Gasteiger partial charge is 0.493 e. The summed E-state index contributed by atoms with van der Waals surface area (Å²) in [6.07, 6.45) is 7.62. The first kappa shape index (κ1) is 25.2. The molecule has 0 saturated carbocycles. The van der Waals surface area contributed by atoms with E-state index in [4.69, 9.17) is 9.72 Å². The molecule has 0 radical (unpaired) electrons. The summed E-state index contributed by atoms with van der Waals surface area (Å²) in [7, 11) is 0. The average Bonchev–Trinajstić information content (AvgIpc) is 3.63. The number of likely N-dealkylation sites (tertiary alicyclic amines) is 1. The van der Waals surface area contributed by atoms with Crippen molar-refractivity contribution in [1.82, 2.24) is 20.5 Å². The van der Waals surface area contributed by atoms with Crippen molar-refractivity contribution < 1.29 is 14.3 Å². The molecule has 1 aromatic heterocycles. The van der Waals surface area contributed by atoms with Crippen LogP contribution in [0.4, 0.5) is 5.82 Å². The molecule has 4 aliphatic heterocycles. The molecule has 8 nitrogen and oxygen atoms in total. The summed E-state index contributed by atoms with van der Waals surface area (Å²) in [5.41, 5.74) is 3.46. The van der Waals surface area contributed by atoms with Crippen LogP contribution in [-0.4, -0.2) is 71.6 Å². The number of carbonyl (C=O) groups excluding carboxylic acids is 2. The number of fused-ring (bicyclic) bond motifs is 3. The van der Waals surface area contributed by atoms with Crippen LogP contribution in [0.5, 0.6) is 5.75 Å². The minimum Gasteiger partial charge on any atom is -0.493 e. The fourth-order valence-electron chi connectivity index (χ4n) is 6.90. The molecule has 202 valence electrons. The third-order valence-electron chi connectivity index (χ3n) is 8.98. The molecule has 2 amide bonds. The van der Waals surface area contributed by atoms with E-state index in [1.807, 2.05) is 31.2 Å². The highest BCUT2D eigenvalue weighted by molar-refractivity contribution is 5.97. The summed E-state index contributed by atoms with van der Waals surface area (Å²) >= 11 is 0. The van der Waals surface area contributed by atoms with E-state index in [2.05, 4.69) is 34.3 Å². The summed E-state index contributed by atoms with van der Waals surface area (Å²) in [6.45, 7) is 9.00. The Hall–Kier alpha value is -3.13. The number of amides is 2. The van der Waals surface area contributed by atoms with Crippen molar-refractivity contribution in [3.8, 4) is 5.75 Å². The monoisotopic (exact) mass is 517 g/mol. The summed E-state index contributed by atoms with van der Waals surface area (Å²) in [4.78, 5) is 35.5. The molecule has 2 bridgehead atoms. The van der Waals surface area contributed by atoms with Gasteiger partial charge in [0.1, 0.15) is 11.6 Å². The Kier molecular flexibility index (Phi) is 6.76. The molecule has 2 aromatic rings. The molecule has 6 rings (SSSR count). The maximum absolute atomic E-state index is 13.2. The highest BCUT2D eigenvalue weighted by atomic mass is 16.5. The van der Waals surface area contributed by atoms with Gasteiger partial charge in [-0.05, 0) is 76.6 Å². The number of pyridine rings is 1. The molecule has 3 saturated heterocycles. The number of piperidine rings is 1. The van der Waals surface area contributed by atoms with Gasteiger partial charge in [-0.3, -0.25) is 14.5 Å². The highest BCUT2D eigenvalue weighted by Gasteiger charge is 2.42. The third-order valence-corrected chi connectivity index (χ3v) is 8.98. The van der Waals surface area contributed by atoms with E-state index in [1.165, 1.54) is 5.56 Å². The maximum Gasteiger partial charge on any atom is 0.253 e. The first-order valence-electron chi connectivity index (χ1n) is 14.2. The van der Waals surface area contributed by atoms with Gasteiger partial charge < -0.3 is 20.3 Å². The number of nitrogens with zero attached hydrogens (tertiary/aromatic N) is 3. The number of anilines is 1. The second kappa shape index (κ2) is 10.2. The molecule has 4 aliphatic rings. The lowest BCUT2D eigenvalue weighted by Gasteiger charge is -2.40. The van der Waals surface area contributed by atoms with Crippen LogP contribution in [-0.2, 0) is 6.42 Å². The molecular formula is C30H39N5O3. The predicted octanol–water partition coefficient (Wildman–Crippen LogP) is 3.47. The van der Waals surface area contributed by atoms with Crippen molar-refractivity contribution in [3.05, 3.63) is 52.7 Å². The molecule has 8 heteroatoms. The van der Waals surface area contributed by atoms with Crippen molar-refractivity contribution in [2.75, 3.05) is 24.6 Å². The van der Waals surface area contributed by atoms with Gasteiger partial charge in [0.25, 0.3) is 11.8 Å². The van der Waals surface area contributed by atoms with E-state index in [1.54, 1.807) is 6.20 Å². The van der Waals surface area contributed by atoms with Crippen molar-refractivity contribution in [1.29, 1.82) is 0 Å². The Balaban J connectivity index is 1.06. The average molecular weight is 518 g/mol. The van der Waals surface area contributed by atoms with Crippen LogP contribution in [0, 0.1) is 6.92 Å². The zero-order chi connectivity index (χ0) is 26.4. The van der Waals surface area contributed by atoms with E-state index in [0.29, 0.717) is 35.9 Å². The summed E-state index contributed by atoms with van der Waals surface area (Å²) in [5.74, 6) is 1.76. The molecule has 1 aromatic carbocycles. The van der Waals surface area contributed by atoms with E-state index in [0.717, 1.165) is 68.7 Å². The minimum absolute atomic E-state index is 0.00841. The molecule has 5 heterocycles. The quantitative estimate of drug-likeness (QED) is 0.610. The lowest BCUT2D eigenvalue weighted by Crippen LogP contribution is -2.50. The maximum atomic E-state index is 13.2. The predicted molar refractivity (Wildman–Crippen MR) is 147 cm³/mol. The van der Waals surface area contributed by atoms with Crippen molar-refractivity contribution >= 4 is 17.6 Å². The van der Waals surface area contributed by atoms with Gasteiger partial charge in [0.05, 0.1) is 12.2 Å². The van der Waals surface area contributed by atoms with Crippen LogP contribution in [0.3, 0.4) is 0 Å². The lowest BCUT2D eigenvalue weighted by atomic mass is 9.96. The van der Waals surface area contributed by atoms with Crippen molar-refractivity contribution in [3.63, 3.8) is 0 Å². The number of benzene rings is 1. The molecule has 0 unspecified atom stereocenters. The van der Waals surface area contributed by atoms with Gasteiger partial charge in [0.2, 0.25) is 0 Å². The van der Waals surface area contributed by atoms with Gasteiger partial charge in [-0.15, -0.1) is 0 Å². The Morgan fingerprint density at radius 3 is 2.45 bits per heavy atom. The second-order valence-electron chi connectivity index (χ2n) is 11.7. The number of rotatable bonds is 6. The molecule has 0 spiro atoms. The molecule has 3 fully saturated rings. The molecule has 38 heavy (non-hydrogen) atoms. The van der Waals surface area contributed by atoms with E-state index < -0.39 is 0 Å². The molecule has 2 N–H and O–H groups in total. The molecular weight excluding hydrogens is 478 g/mol. The van der Waals surface area contributed by atoms with Gasteiger partial charge in [0.15, 0.2) is 0 Å². The standard InChI is InChI=1S/C30H39N5O3/c1-18(2)34-12-10-22(17-34)32-29(36)21-5-9-27(31-16-21)35-24-6-7-25(35)15-23(14-24)33-30(37)26-8-4-20-11-13-38-28(20)19(26)3/h4-5,8-9,16,18,22-25H,6-7,10-15,17H2,1-3H3,(H,32,36)(H,33,37)/t22-,23-,24+,25-/m1/s1. The SMILES string of the molecule is Cc1c(C(=O)N[C@H]2C[C@H]3CC[C@@H](C2)N3c2ccc(C(=O)N[C@@H]3CCN(C(C)C)C3)cn2)ccc2c1OCC2. The zero-order valence-corrected chi connectivity index (χ0v) is 22.7. The van der Waals surface area contributed by atoms with Gasteiger partial charge in [-0.1, -0.05) is 6.07 Å². The Morgan fingerprint density at radius 1 is 1.00 bits per heavy atom. The van der Waals surface area contributed by atoms with E-state index in [-0.39, 0.29) is 23.9 Å². The fourth-order valence-corrected chi connectivity index (χ4v) is 6.90. The number of aromatic nitrogens is 1. The number of hydrogen-bond donors (Lipinski definition) is 2. The third kappa shape index (κ3) is 4.75. The van der Waals surface area contributed by atoms with Crippen LogP contribution in [0.1, 0.15) is 77.8 Å². The van der Waals surface area contributed by atoms with Gasteiger partial charge in [-0.2, -0.15) is 0 Å². The highest BCUT2D eigenvalue weighted by Crippen LogP contribution is 2.39. The van der Waals surface area contributed by atoms with E-state index in [9.17, 15) is 9.59 Å². The van der Waals surface area contributed by atoms with Gasteiger partial charge >= 0.3 is 0 Å². The topological polar surface area (TPSA) is 86.8 Å². The summed E-state index contributed by atoms with van der Waals surface area (Å²) in [5, 5.41) is 6.49. The van der Waals surface area contributed by atoms with Crippen LogP contribution >= 0.6 is 0 Å². The Bertz CT molecular complexity index is 1200. The zero-order valence-electron chi connectivity index (χ0n) is 22.7. The number of hydrogen-bond acceptors (Lipinski definition) is 6. The second-order valence-corrected chi connectivity index (χ2v) is 11.7. The van der Waals surface area contributed by atoms with Gasteiger partial charge in [-0.25, -0.2) is 4.98 Å². The number of nitrogens with one attached hydrogen (secondary N) is 2. The normalized spacial score (nSPS) is 26.4. The number of ether oxygens (including phenoxy) is 1. The van der Waals surface area contributed by atoms with Crippen LogP contribution in [0.15, 0.2) is 30.5 Å². The van der Waals surface area contributed by atoms with Crippen molar-refractivity contribution in [2.24, 2.45) is 0 Å². The molecule has 0 aliphatic carbocycles. The van der Waals surface area contributed by atoms with Crippen LogP contribution in [0.2, 0.25) is 0 Å². The fraction of sp³-hybridized carbons (Fsp3) is 0.567. The summed E-state index contributed by atoms with van der Waals surface area (Å²) < 4.78 is 5.77. The lowest BCUT2D eigenvalue weighted by molar-refractivity contribution is 0.0921. The van der Waals surface area contributed by atoms with Crippen molar-refractivity contribution in [2.45, 2.75) is 89.5 Å². The Labute approximate surface area is 225 Å². The number of carbonyl (C=O) groups is 2. The molecule has 4 atom stereocenters. The van der Waals surface area contributed by atoms with Crippen LogP contribution < -0.4 is 20.3 Å². The first-order valence-corrected chi connectivity index (χ1v) is 14.2. The summed E-state index contributed by atoms with van der Waals surface area (Å²) in [6, 6.07) is 9.39. The minimum atomic E-state index is -0.0451. The van der Waals surface area contributed by atoms with Crippen LogP contribution in [0.25, 0.3) is 0 Å². The Morgan fingerprint density at radius 2 is 1.76 bits per heavy atom. The van der Waals surface area contributed by atoms with E-state index >= 15 is 0 Å². The first-order chi connectivity index (χ1) is 18.4. The smallest absolute Gasteiger partial charge is 0.253 e.